The summed E-state index contributed by atoms with van der Waals surface area (Å²) in [6.07, 6.45) is 7.19. The van der Waals surface area contributed by atoms with Crippen LogP contribution in [0.25, 0.3) is 11.3 Å². The van der Waals surface area contributed by atoms with E-state index in [0.29, 0.717) is 5.92 Å². The lowest BCUT2D eigenvalue weighted by Crippen LogP contribution is -2.21. The van der Waals surface area contributed by atoms with Crippen molar-refractivity contribution < 1.29 is 4.52 Å². The predicted octanol–water partition coefficient (Wildman–Crippen LogP) is 4.39. The van der Waals surface area contributed by atoms with Crippen molar-refractivity contribution >= 4 is 22.9 Å². The van der Waals surface area contributed by atoms with E-state index >= 15 is 0 Å². The average molecular weight is 472 g/mol. The summed E-state index contributed by atoms with van der Waals surface area (Å²) in [5.41, 5.74) is 2.92. The van der Waals surface area contributed by atoms with E-state index < -0.39 is 0 Å². The zero-order chi connectivity index (χ0) is 18.6. The minimum absolute atomic E-state index is 0.0179. The van der Waals surface area contributed by atoms with Crippen molar-refractivity contribution in [3.05, 3.63) is 59.9 Å². The number of nitrogens with one attached hydrogen (secondary N) is 1. The van der Waals surface area contributed by atoms with Crippen molar-refractivity contribution in [2.45, 2.75) is 32.2 Å². The van der Waals surface area contributed by atoms with Gasteiger partial charge in [-0.2, -0.15) is 0 Å². The van der Waals surface area contributed by atoms with Crippen LogP contribution in [0, 0.1) is 17.8 Å². The van der Waals surface area contributed by atoms with Crippen molar-refractivity contribution in [3.63, 3.8) is 0 Å². The first kappa shape index (κ1) is 18.3. The van der Waals surface area contributed by atoms with E-state index in [2.05, 4.69) is 72.0 Å². The molecule has 0 amide bonds. The highest BCUT2D eigenvalue weighted by molar-refractivity contribution is 14.1. The molecule has 0 spiro atoms. The normalized spacial score (nSPS) is 14.6. The lowest BCUT2D eigenvalue weighted by Gasteiger charge is -2.16. The molecule has 1 saturated carbocycles. The minimum Gasteiger partial charge on any atom is -0.358 e. The topological polar surface area (TPSA) is 55.9 Å². The van der Waals surface area contributed by atoms with E-state index in [1.54, 1.807) is 0 Å². The third-order valence-electron chi connectivity index (χ3n) is 4.71. The van der Waals surface area contributed by atoms with Crippen LogP contribution in [0.1, 0.15) is 43.0 Å². The molecule has 138 valence electrons. The lowest BCUT2D eigenvalue weighted by molar-refractivity contribution is 0.343. The van der Waals surface area contributed by atoms with Crippen molar-refractivity contribution in [2.75, 3.05) is 6.54 Å². The first-order valence-corrected chi connectivity index (χ1v) is 10.3. The molecule has 1 fully saturated rings. The van der Waals surface area contributed by atoms with Crippen LogP contribution < -0.4 is 3.53 Å². The van der Waals surface area contributed by atoms with Gasteiger partial charge in [-0.1, -0.05) is 36.1 Å². The summed E-state index contributed by atoms with van der Waals surface area (Å²) in [6.45, 7) is 2.83. The van der Waals surface area contributed by atoms with Gasteiger partial charge in [0.1, 0.15) is 17.6 Å². The second-order valence-electron chi connectivity index (χ2n) is 6.69. The minimum atomic E-state index is 0.0179. The van der Waals surface area contributed by atoms with E-state index in [4.69, 9.17) is 4.52 Å². The van der Waals surface area contributed by atoms with Gasteiger partial charge in [0.15, 0.2) is 5.76 Å². The lowest BCUT2D eigenvalue weighted by atomic mass is 10.1. The first-order chi connectivity index (χ1) is 13.3. The third-order valence-corrected chi connectivity index (χ3v) is 5.15. The summed E-state index contributed by atoms with van der Waals surface area (Å²) in [6, 6.07) is 10.2. The van der Waals surface area contributed by atoms with Crippen LogP contribution in [-0.4, -0.2) is 21.3 Å². The Kier molecular flexibility index (Phi) is 5.60. The quantitative estimate of drug-likeness (QED) is 0.329. The molecule has 0 aliphatic heterocycles. The van der Waals surface area contributed by atoms with E-state index in [0.717, 1.165) is 41.4 Å². The van der Waals surface area contributed by atoms with Crippen LogP contribution in [0.4, 0.5) is 0 Å². The Morgan fingerprint density at radius 3 is 2.85 bits per heavy atom. The molecule has 1 aliphatic carbocycles. The highest BCUT2D eigenvalue weighted by atomic mass is 127. The summed E-state index contributed by atoms with van der Waals surface area (Å²) < 4.78 is 11.1. The predicted molar refractivity (Wildman–Crippen MR) is 113 cm³/mol. The van der Waals surface area contributed by atoms with Crippen LogP contribution in [0.15, 0.2) is 47.2 Å². The summed E-state index contributed by atoms with van der Waals surface area (Å²) in [5, 5.41) is 4.29. The third kappa shape index (κ3) is 4.25. The number of halogens is 1. The molecule has 2 aromatic heterocycles. The van der Waals surface area contributed by atoms with Gasteiger partial charge < -0.3 is 9.09 Å². The van der Waals surface area contributed by atoms with Crippen molar-refractivity contribution in [2.24, 2.45) is 5.92 Å². The zero-order valence-electron chi connectivity index (χ0n) is 15.2. The van der Waals surface area contributed by atoms with Gasteiger partial charge in [0.05, 0.1) is 0 Å². The van der Waals surface area contributed by atoms with Crippen molar-refractivity contribution in [3.8, 4) is 23.1 Å². The maximum atomic E-state index is 5.70. The second-order valence-corrected chi connectivity index (χ2v) is 7.46. The molecule has 27 heavy (non-hydrogen) atoms. The molecule has 2 heterocycles. The molecule has 4 rings (SSSR count). The van der Waals surface area contributed by atoms with Crippen LogP contribution in [-0.2, 0) is 6.42 Å². The molecular weight excluding hydrogens is 451 g/mol. The molecule has 0 radical (unpaired) electrons. The molecular formula is C21H21IN4O. The van der Waals surface area contributed by atoms with Crippen LogP contribution >= 0.6 is 22.9 Å². The maximum absolute atomic E-state index is 5.70. The molecule has 3 aromatic rings. The fourth-order valence-corrected chi connectivity index (χ4v) is 3.45. The van der Waals surface area contributed by atoms with Crippen molar-refractivity contribution in [1.29, 1.82) is 0 Å². The SMILES string of the molecule is CCc1nccn1C(CNI)c1cc(-c2ccc(C#CC3CC3)cc2)no1. The van der Waals surface area contributed by atoms with Gasteiger partial charge in [-0.25, -0.2) is 4.98 Å². The molecule has 0 bridgehead atoms. The van der Waals surface area contributed by atoms with Crippen LogP contribution in [0.3, 0.4) is 0 Å². The monoisotopic (exact) mass is 472 g/mol. The Morgan fingerprint density at radius 2 is 2.15 bits per heavy atom. The number of rotatable bonds is 6. The summed E-state index contributed by atoms with van der Waals surface area (Å²) >= 11 is 2.16. The second kappa shape index (κ2) is 8.28. The van der Waals surface area contributed by atoms with Gasteiger partial charge in [-0.3, -0.25) is 3.53 Å². The van der Waals surface area contributed by atoms with Gasteiger partial charge in [0, 0.05) is 71.3 Å². The molecule has 6 heteroatoms. The number of nitrogens with zero attached hydrogens (tertiary/aromatic N) is 3. The van der Waals surface area contributed by atoms with E-state index in [1.807, 2.05) is 30.6 Å². The number of benzene rings is 1. The summed E-state index contributed by atoms with van der Waals surface area (Å²) in [7, 11) is 0. The largest absolute Gasteiger partial charge is 0.358 e. The molecule has 1 atom stereocenters. The number of hydrogen-bond donors (Lipinski definition) is 1. The molecule has 1 unspecified atom stereocenters. The first-order valence-electron chi connectivity index (χ1n) is 9.22. The molecule has 5 nitrogen and oxygen atoms in total. The van der Waals surface area contributed by atoms with Gasteiger partial charge in [0.2, 0.25) is 0 Å². The Labute approximate surface area is 173 Å². The average Bonchev–Trinajstić information content (AvgIpc) is 3.20. The van der Waals surface area contributed by atoms with E-state index in [-0.39, 0.29) is 6.04 Å². The Bertz CT molecular complexity index is 960. The number of hydrogen-bond acceptors (Lipinski definition) is 4. The maximum Gasteiger partial charge on any atom is 0.161 e. The Balaban J connectivity index is 1.57. The van der Waals surface area contributed by atoms with E-state index in [1.165, 1.54) is 12.8 Å². The fourth-order valence-electron chi connectivity index (χ4n) is 3.03. The summed E-state index contributed by atoms with van der Waals surface area (Å²) in [4.78, 5) is 4.43. The highest BCUT2D eigenvalue weighted by Crippen LogP contribution is 2.28. The Hall–Kier alpha value is -2.11. The standard InChI is InChI=1S/C21H21IN4O/c1-2-21-23-11-12-26(21)19(14-24-22)20-13-18(25-27-20)17-9-7-16(8-10-17)6-5-15-3-4-15/h7-13,15,19,24H,2-4,14H2,1H3. The van der Waals surface area contributed by atoms with Gasteiger partial charge in [0.25, 0.3) is 0 Å². The summed E-state index contributed by atoms with van der Waals surface area (Å²) in [5.74, 6) is 9.00. The fraction of sp³-hybridized carbons (Fsp3) is 0.333. The molecule has 1 N–H and O–H groups in total. The number of aryl methyl sites for hydroxylation is 1. The zero-order valence-corrected chi connectivity index (χ0v) is 17.3. The van der Waals surface area contributed by atoms with Gasteiger partial charge in [-0.05, 0) is 25.0 Å². The molecule has 0 saturated heterocycles. The number of imidazole rings is 1. The number of aromatic nitrogens is 3. The Morgan fingerprint density at radius 1 is 1.33 bits per heavy atom. The van der Waals surface area contributed by atoms with Gasteiger partial charge in [-0.15, -0.1) is 0 Å². The molecule has 1 aliphatic rings. The van der Waals surface area contributed by atoms with Gasteiger partial charge >= 0.3 is 0 Å². The van der Waals surface area contributed by atoms with Crippen LogP contribution in [0.2, 0.25) is 0 Å². The molecule has 1 aromatic carbocycles. The highest BCUT2D eigenvalue weighted by Gasteiger charge is 2.21. The van der Waals surface area contributed by atoms with E-state index in [9.17, 15) is 0 Å². The smallest absolute Gasteiger partial charge is 0.161 e. The van der Waals surface area contributed by atoms with Crippen molar-refractivity contribution in [1.82, 2.24) is 18.2 Å². The van der Waals surface area contributed by atoms with Crippen LogP contribution in [0.5, 0.6) is 0 Å².